The lowest BCUT2D eigenvalue weighted by Gasteiger charge is -2.09. The Morgan fingerprint density at radius 3 is 2.71 bits per heavy atom. The molecule has 3 aromatic rings. The maximum absolute atomic E-state index is 14.0. The quantitative estimate of drug-likeness (QED) is 0.691. The second-order valence-electron chi connectivity index (χ2n) is 4.73. The molecule has 0 aliphatic heterocycles. The molecule has 0 spiro atoms. The van der Waals surface area contributed by atoms with Crippen molar-refractivity contribution in [3.05, 3.63) is 53.5 Å². The number of imidazole rings is 1. The molecule has 0 saturated heterocycles. The van der Waals surface area contributed by atoms with Gasteiger partial charge in [-0.05, 0) is 31.2 Å². The van der Waals surface area contributed by atoms with E-state index in [1.807, 2.05) is 0 Å². The van der Waals surface area contributed by atoms with E-state index in [0.29, 0.717) is 5.52 Å². The number of benzene rings is 1. The smallest absolute Gasteiger partial charge is 0.375 e. The highest BCUT2D eigenvalue weighted by molar-refractivity contribution is 5.91. The van der Waals surface area contributed by atoms with Crippen LogP contribution in [0.4, 0.5) is 8.78 Å². The van der Waals surface area contributed by atoms with Crippen molar-refractivity contribution >= 4 is 17.1 Å². The number of nitriles is 1. The number of ether oxygens (including phenoxy) is 1. The number of pyridine rings is 1. The molecule has 6 nitrogen and oxygen atoms in total. The number of aromatic nitrogens is 3. The predicted octanol–water partition coefficient (Wildman–Crippen LogP) is 2.75. The third kappa shape index (κ3) is 2.46. The third-order valence-corrected chi connectivity index (χ3v) is 3.27. The molecule has 0 aliphatic rings. The maximum Gasteiger partial charge on any atom is 0.375 e. The highest BCUT2D eigenvalue weighted by Crippen LogP contribution is 2.24. The minimum Gasteiger partial charge on any atom is -0.460 e. The molecule has 0 atom stereocenters. The summed E-state index contributed by atoms with van der Waals surface area (Å²) in [5.41, 5.74) is -0.114. The molecule has 0 amide bonds. The molecule has 2 aromatic heterocycles. The van der Waals surface area contributed by atoms with Gasteiger partial charge in [0.05, 0.1) is 12.3 Å². The molecule has 0 fully saturated rings. The lowest BCUT2D eigenvalue weighted by Crippen LogP contribution is -2.13. The molecule has 0 saturated carbocycles. The summed E-state index contributed by atoms with van der Waals surface area (Å²) in [7, 11) is 0. The molecule has 8 heteroatoms. The monoisotopic (exact) mass is 328 g/mol. The number of esters is 1. The van der Waals surface area contributed by atoms with Crippen molar-refractivity contribution in [2.45, 2.75) is 6.92 Å². The van der Waals surface area contributed by atoms with Crippen LogP contribution in [0.15, 0.2) is 30.5 Å². The zero-order valence-corrected chi connectivity index (χ0v) is 12.5. The number of fused-ring (bicyclic) bond motifs is 1. The van der Waals surface area contributed by atoms with Gasteiger partial charge in [0, 0.05) is 6.20 Å². The van der Waals surface area contributed by atoms with Gasteiger partial charge in [-0.1, -0.05) is 0 Å². The first-order valence-electron chi connectivity index (χ1n) is 6.97. The van der Waals surface area contributed by atoms with Crippen molar-refractivity contribution in [3.63, 3.8) is 0 Å². The van der Waals surface area contributed by atoms with Crippen LogP contribution in [0.25, 0.3) is 16.9 Å². The van der Waals surface area contributed by atoms with E-state index in [0.717, 1.165) is 12.1 Å². The summed E-state index contributed by atoms with van der Waals surface area (Å²) in [6.07, 6.45) is 1.46. The molecule has 0 N–H and O–H groups in total. The normalized spacial score (nSPS) is 10.6. The number of nitrogens with zero attached hydrogens (tertiary/aromatic N) is 4. The molecular weight excluding hydrogens is 318 g/mol. The van der Waals surface area contributed by atoms with E-state index in [2.05, 4.69) is 9.97 Å². The van der Waals surface area contributed by atoms with Crippen molar-refractivity contribution in [1.29, 1.82) is 5.26 Å². The average molecular weight is 328 g/mol. The minimum atomic E-state index is -1.04. The molecule has 1 aromatic carbocycles. The number of carbonyl (C=O) groups excluding carboxylic acids is 1. The summed E-state index contributed by atoms with van der Waals surface area (Å²) in [6.45, 7) is 1.75. The van der Waals surface area contributed by atoms with Gasteiger partial charge in [0.25, 0.3) is 0 Å². The van der Waals surface area contributed by atoms with E-state index in [-0.39, 0.29) is 23.8 Å². The van der Waals surface area contributed by atoms with Crippen LogP contribution in [0.5, 0.6) is 0 Å². The Morgan fingerprint density at radius 2 is 2.08 bits per heavy atom. The maximum atomic E-state index is 14.0. The molecule has 3 rings (SSSR count). The van der Waals surface area contributed by atoms with E-state index >= 15 is 0 Å². The van der Waals surface area contributed by atoms with E-state index < -0.39 is 23.2 Å². The van der Waals surface area contributed by atoms with Crippen molar-refractivity contribution in [3.8, 4) is 11.8 Å². The lowest BCUT2D eigenvalue weighted by molar-refractivity contribution is 0.0510. The molecular formula is C16H10F2N4O2. The van der Waals surface area contributed by atoms with Crippen LogP contribution in [0, 0.1) is 23.0 Å². The topological polar surface area (TPSA) is 80.8 Å². The zero-order valence-electron chi connectivity index (χ0n) is 12.5. The van der Waals surface area contributed by atoms with Gasteiger partial charge in [0.15, 0.2) is 5.65 Å². The Bertz CT molecular complexity index is 968. The Labute approximate surface area is 134 Å². The zero-order chi connectivity index (χ0) is 17.3. The van der Waals surface area contributed by atoms with Crippen LogP contribution in [0.3, 0.4) is 0 Å². The van der Waals surface area contributed by atoms with E-state index in [9.17, 15) is 13.6 Å². The second-order valence-corrected chi connectivity index (χ2v) is 4.73. The number of halogens is 2. The van der Waals surface area contributed by atoms with Crippen LogP contribution in [0.1, 0.15) is 23.1 Å². The predicted molar refractivity (Wildman–Crippen MR) is 79.5 cm³/mol. The summed E-state index contributed by atoms with van der Waals surface area (Å²) >= 11 is 0. The number of hydrogen-bond donors (Lipinski definition) is 0. The Morgan fingerprint density at radius 1 is 1.38 bits per heavy atom. The first kappa shape index (κ1) is 15.6. The Balaban J connectivity index is 2.31. The van der Waals surface area contributed by atoms with Crippen molar-refractivity contribution in [1.82, 2.24) is 14.5 Å². The van der Waals surface area contributed by atoms with Gasteiger partial charge < -0.3 is 4.74 Å². The lowest BCUT2D eigenvalue weighted by atomic mass is 10.2. The molecule has 0 radical (unpaired) electrons. The van der Waals surface area contributed by atoms with Gasteiger partial charge in [0.1, 0.15) is 28.8 Å². The summed E-state index contributed by atoms with van der Waals surface area (Å²) < 4.78 is 34.0. The highest BCUT2D eigenvalue weighted by Gasteiger charge is 2.22. The van der Waals surface area contributed by atoms with E-state index in [4.69, 9.17) is 10.00 Å². The van der Waals surface area contributed by atoms with E-state index in [1.54, 1.807) is 19.1 Å². The molecule has 0 unspecified atom stereocenters. The fourth-order valence-electron chi connectivity index (χ4n) is 2.29. The molecule has 2 heterocycles. The largest absolute Gasteiger partial charge is 0.460 e. The van der Waals surface area contributed by atoms with Crippen molar-refractivity contribution < 1.29 is 18.3 Å². The van der Waals surface area contributed by atoms with Gasteiger partial charge in [-0.15, -0.1) is 0 Å². The highest BCUT2D eigenvalue weighted by atomic mass is 19.1. The first-order valence-corrected chi connectivity index (χ1v) is 6.97. The number of carbonyl (C=O) groups is 1. The SMILES string of the molecule is CCOC(=O)c1nc2cccnc2n1-c1cc(F)c(C#N)c(F)c1. The molecule has 0 bridgehead atoms. The second kappa shape index (κ2) is 6.04. The van der Waals surface area contributed by atoms with Crippen LogP contribution in [-0.4, -0.2) is 27.1 Å². The van der Waals surface area contributed by atoms with Gasteiger partial charge in [-0.3, -0.25) is 4.57 Å². The Kier molecular flexibility index (Phi) is 3.92. The third-order valence-electron chi connectivity index (χ3n) is 3.27. The van der Waals surface area contributed by atoms with E-state index in [1.165, 1.54) is 16.8 Å². The van der Waals surface area contributed by atoms with Gasteiger partial charge in [-0.25, -0.2) is 23.5 Å². The van der Waals surface area contributed by atoms with Gasteiger partial charge >= 0.3 is 5.97 Å². The fourth-order valence-corrected chi connectivity index (χ4v) is 2.29. The summed E-state index contributed by atoms with van der Waals surface area (Å²) in [5, 5.41) is 8.77. The minimum absolute atomic E-state index is 0.0201. The molecule has 24 heavy (non-hydrogen) atoms. The number of rotatable bonds is 3. The fraction of sp³-hybridized carbons (Fsp3) is 0.125. The van der Waals surface area contributed by atoms with Crippen LogP contribution < -0.4 is 0 Å². The van der Waals surface area contributed by atoms with Gasteiger partial charge in [-0.2, -0.15) is 5.26 Å². The summed E-state index contributed by atoms with van der Waals surface area (Å²) in [6, 6.07) is 6.57. The molecule has 0 aliphatic carbocycles. The van der Waals surface area contributed by atoms with Crippen LogP contribution >= 0.6 is 0 Å². The van der Waals surface area contributed by atoms with Crippen molar-refractivity contribution in [2.24, 2.45) is 0 Å². The van der Waals surface area contributed by atoms with Gasteiger partial charge in [0.2, 0.25) is 5.82 Å². The average Bonchev–Trinajstić information content (AvgIpc) is 2.94. The molecule has 120 valence electrons. The Hall–Kier alpha value is -3.34. The first-order chi connectivity index (χ1) is 11.6. The summed E-state index contributed by atoms with van der Waals surface area (Å²) in [4.78, 5) is 20.4. The van der Waals surface area contributed by atoms with Crippen LogP contribution in [0.2, 0.25) is 0 Å². The standard InChI is InChI=1S/C16H10F2N4O2/c1-2-24-16(23)15-21-13-4-3-5-20-14(13)22(15)9-6-11(17)10(8-19)12(18)7-9/h3-7H,2H2,1H3. The van der Waals surface area contributed by atoms with Crippen LogP contribution in [-0.2, 0) is 4.74 Å². The summed E-state index contributed by atoms with van der Waals surface area (Å²) in [5.74, 6) is -2.99. The van der Waals surface area contributed by atoms with Crippen molar-refractivity contribution in [2.75, 3.05) is 6.61 Å². The number of hydrogen-bond acceptors (Lipinski definition) is 5.